The van der Waals surface area contributed by atoms with Gasteiger partial charge >= 0.3 is 0 Å². The number of hydrogen-bond acceptors (Lipinski definition) is 4. The van der Waals surface area contributed by atoms with Crippen LogP contribution in [0.2, 0.25) is 0 Å². The summed E-state index contributed by atoms with van der Waals surface area (Å²) in [6.07, 6.45) is 0.148. The number of halogens is 2. The van der Waals surface area contributed by atoms with Crippen LogP contribution in [0.25, 0.3) is 0 Å². The van der Waals surface area contributed by atoms with Crippen LogP contribution in [-0.4, -0.2) is 41.9 Å². The van der Waals surface area contributed by atoms with Crippen molar-refractivity contribution < 1.29 is 18.3 Å². The topological polar surface area (TPSA) is 59.4 Å². The summed E-state index contributed by atoms with van der Waals surface area (Å²) in [6.45, 7) is 1.48. The van der Waals surface area contributed by atoms with Crippen LogP contribution in [0.1, 0.15) is 35.3 Å². The Bertz CT molecular complexity index is 778. The largest absolute Gasteiger partial charge is 0.497 e. The molecule has 1 amide bonds. The van der Waals surface area contributed by atoms with Crippen molar-refractivity contribution in [1.29, 1.82) is 0 Å². The van der Waals surface area contributed by atoms with Gasteiger partial charge in [-0.15, -0.1) is 0 Å². The van der Waals surface area contributed by atoms with Gasteiger partial charge in [0, 0.05) is 37.9 Å². The lowest BCUT2D eigenvalue weighted by Gasteiger charge is -2.35. The minimum Gasteiger partial charge on any atom is -0.497 e. The fourth-order valence-electron chi connectivity index (χ4n) is 3.28. The van der Waals surface area contributed by atoms with Crippen molar-refractivity contribution in [3.05, 3.63) is 41.7 Å². The highest BCUT2D eigenvalue weighted by Gasteiger charge is 2.27. The Morgan fingerprint density at radius 2 is 2.23 bits per heavy atom. The summed E-state index contributed by atoms with van der Waals surface area (Å²) in [5.41, 5.74) is 0.585. The molecule has 140 valence electrons. The Labute approximate surface area is 150 Å². The summed E-state index contributed by atoms with van der Waals surface area (Å²) in [7, 11) is 3.02. The number of benzene rings is 1. The maximum absolute atomic E-state index is 13.2. The molecule has 1 saturated heterocycles. The molecule has 26 heavy (non-hydrogen) atoms. The third-order valence-corrected chi connectivity index (χ3v) is 4.61. The van der Waals surface area contributed by atoms with Gasteiger partial charge in [-0.25, -0.2) is 8.78 Å². The van der Waals surface area contributed by atoms with E-state index in [2.05, 4.69) is 15.3 Å². The molecule has 0 spiro atoms. The minimum atomic E-state index is -2.75. The van der Waals surface area contributed by atoms with Crippen LogP contribution in [0, 0.1) is 0 Å². The molecule has 8 heteroatoms. The molecule has 1 aliphatic rings. The van der Waals surface area contributed by atoms with E-state index in [-0.39, 0.29) is 17.3 Å². The van der Waals surface area contributed by atoms with Crippen molar-refractivity contribution in [3.8, 4) is 5.75 Å². The number of methoxy groups -OCH3 is 1. The predicted molar refractivity (Wildman–Crippen MR) is 93.9 cm³/mol. The minimum absolute atomic E-state index is 0.0685. The second-order valence-electron chi connectivity index (χ2n) is 6.33. The lowest BCUT2D eigenvalue weighted by atomic mass is 10.0. The smallest absolute Gasteiger partial charge is 0.280 e. The molecule has 0 aliphatic carbocycles. The van der Waals surface area contributed by atoms with Crippen LogP contribution in [0.4, 0.5) is 14.5 Å². The van der Waals surface area contributed by atoms with Crippen molar-refractivity contribution in [3.63, 3.8) is 0 Å². The summed E-state index contributed by atoms with van der Waals surface area (Å²) < 4.78 is 32.6. The fraction of sp³-hybridized carbons (Fsp3) is 0.444. The molecule has 1 fully saturated rings. The SMILES string of the molecule is COc1cccc(N2CCCC(NC(=O)c3cnn(C)c3C(F)F)C2)c1. The monoisotopic (exact) mass is 364 g/mol. The van der Waals surface area contributed by atoms with E-state index in [1.54, 1.807) is 7.11 Å². The first-order chi connectivity index (χ1) is 12.5. The number of aryl methyl sites for hydroxylation is 1. The summed E-state index contributed by atoms with van der Waals surface area (Å²) in [6, 6.07) is 7.61. The Morgan fingerprint density at radius 1 is 1.42 bits per heavy atom. The lowest BCUT2D eigenvalue weighted by Crippen LogP contribution is -2.48. The number of nitrogens with zero attached hydrogens (tertiary/aromatic N) is 3. The average Bonchev–Trinajstić information content (AvgIpc) is 3.04. The number of carbonyl (C=O) groups is 1. The summed E-state index contributed by atoms with van der Waals surface area (Å²) in [4.78, 5) is 14.6. The van der Waals surface area contributed by atoms with Gasteiger partial charge in [0.15, 0.2) is 0 Å². The number of ether oxygens (including phenoxy) is 1. The zero-order valence-corrected chi connectivity index (χ0v) is 14.8. The molecule has 1 atom stereocenters. The number of aromatic nitrogens is 2. The van der Waals surface area contributed by atoms with E-state index in [9.17, 15) is 13.6 Å². The summed E-state index contributed by atoms with van der Waals surface area (Å²) in [5.74, 6) is 0.261. The number of carbonyl (C=O) groups excluding carboxylic acids is 1. The number of rotatable bonds is 5. The van der Waals surface area contributed by atoms with Crippen LogP contribution in [-0.2, 0) is 7.05 Å². The number of piperidine rings is 1. The molecule has 1 N–H and O–H groups in total. The van der Waals surface area contributed by atoms with Crippen LogP contribution < -0.4 is 15.0 Å². The number of hydrogen-bond donors (Lipinski definition) is 1. The highest BCUT2D eigenvalue weighted by Crippen LogP contribution is 2.25. The maximum Gasteiger partial charge on any atom is 0.280 e. The third kappa shape index (κ3) is 3.79. The second kappa shape index (κ2) is 7.72. The summed E-state index contributed by atoms with van der Waals surface area (Å²) in [5, 5.41) is 6.66. The van der Waals surface area contributed by atoms with Gasteiger partial charge in [-0.05, 0) is 25.0 Å². The predicted octanol–water partition coefficient (Wildman–Crippen LogP) is 2.77. The van der Waals surface area contributed by atoms with Gasteiger partial charge in [0.1, 0.15) is 11.4 Å². The van der Waals surface area contributed by atoms with E-state index >= 15 is 0 Å². The van der Waals surface area contributed by atoms with Crippen LogP contribution in [0.15, 0.2) is 30.5 Å². The van der Waals surface area contributed by atoms with Crippen molar-refractivity contribution in [2.24, 2.45) is 7.05 Å². The molecule has 2 heterocycles. The Morgan fingerprint density at radius 3 is 2.96 bits per heavy atom. The molecular weight excluding hydrogens is 342 g/mol. The molecule has 0 saturated carbocycles. The van der Waals surface area contributed by atoms with Gasteiger partial charge in [0.2, 0.25) is 0 Å². The first-order valence-electron chi connectivity index (χ1n) is 8.49. The molecule has 3 rings (SSSR count). The van der Waals surface area contributed by atoms with Gasteiger partial charge in [0.05, 0.1) is 18.9 Å². The highest BCUT2D eigenvalue weighted by atomic mass is 19.3. The van der Waals surface area contributed by atoms with Gasteiger partial charge < -0.3 is 15.0 Å². The van der Waals surface area contributed by atoms with Gasteiger partial charge in [0.25, 0.3) is 12.3 Å². The fourth-order valence-corrected chi connectivity index (χ4v) is 3.28. The standard InChI is InChI=1S/C18H22F2N4O2/c1-23-16(17(19)20)15(10-21-23)18(25)22-12-5-4-8-24(11-12)13-6-3-7-14(9-13)26-2/h3,6-7,9-10,12,17H,4-5,8,11H2,1-2H3,(H,22,25). The third-order valence-electron chi connectivity index (χ3n) is 4.61. The Balaban J connectivity index is 1.69. The van der Waals surface area contributed by atoms with Crippen molar-refractivity contribution in [2.45, 2.75) is 25.3 Å². The number of amides is 1. The second-order valence-corrected chi connectivity index (χ2v) is 6.33. The van der Waals surface area contributed by atoms with E-state index in [0.717, 1.165) is 35.5 Å². The molecule has 1 aliphatic heterocycles. The number of nitrogens with one attached hydrogen (secondary N) is 1. The van der Waals surface area contributed by atoms with E-state index < -0.39 is 12.3 Å². The van der Waals surface area contributed by atoms with Gasteiger partial charge in [-0.3, -0.25) is 9.48 Å². The van der Waals surface area contributed by atoms with Crippen molar-refractivity contribution >= 4 is 11.6 Å². The van der Waals surface area contributed by atoms with Crippen LogP contribution in [0.5, 0.6) is 5.75 Å². The van der Waals surface area contributed by atoms with Crippen LogP contribution in [0.3, 0.4) is 0 Å². The first kappa shape index (κ1) is 18.2. The Kier molecular flexibility index (Phi) is 5.39. The first-order valence-corrected chi connectivity index (χ1v) is 8.49. The van der Waals surface area contributed by atoms with Gasteiger partial charge in [-0.2, -0.15) is 5.10 Å². The normalized spacial score (nSPS) is 17.4. The van der Waals surface area contributed by atoms with E-state index in [4.69, 9.17) is 4.74 Å². The molecule has 0 radical (unpaired) electrons. The Hall–Kier alpha value is -2.64. The highest BCUT2D eigenvalue weighted by molar-refractivity contribution is 5.95. The maximum atomic E-state index is 13.2. The summed E-state index contributed by atoms with van der Waals surface area (Å²) >= 11 is 0. The number of anilines is 1. The molecular formula is C18H22F2N4O2. The van der Waals surface area contributed by atoms with Crippen molar-refractivity contribution in [1.82, 2.24) is 15.1 Å². The molecule has 0 bridgehead atoms. The van der Waals surface area contributed by atoms with Gasteiger partial charge in [-0.1, -0.05) is 6.07 Å². The molecule has 1 unspecified atom stereocenters. The molecule has 1 aromatic carbocycles. The van der Waals surface area contributed by atoms with E-state index in [1.165, 1.54) is 13.2 Å². The quantitative estimate of drug-likeness (QED) is 0.886. The molecule has 6 nitrogen and oxygen atoms in total. The van der Waals surface area contributed by atoms with Crippen LogP contribution >= 0.6 is 0 Å². The lowest BCUT2D eigenvalue weighted by molar-refractivity contribution is 0.0916. The zero-order chi connectivity index (χ0) is 18.7. The number of alkyl halides is 2. The van der Waals surface area contributed by atoms with E-state index in [0.29, 0.717) is 6.54 Å². The average molecular weight is 364 g/mol. The zero-order valence-electron chi connectivity index (χ0n) is 14.8. The molecule has 1 aromatic heterocycles. The van der Waals surface area contributed by atoms with E-state index in [1.807, 2.05) is 24.3 Å². The van der Waals surface area contributed by atoms with Crippen molar-refractivity contribution in [2.75, 3.05) is 25.1 Å². The molecule has 2 aromatic rings.